The molecule has 2 fully saturated rings. The van der Waals surface area contributed by atoms with Crippen molar-refractivity contribution in [3.8, 4) is 0 Å². The summed E-state index contributed by atoms with van der Waals surface area (Å²) in [6, 6.07) is 7.95. The second kappa shape index (κ2) is 7.14. The summed E-state index contributed by atoms with van der Waals surface area (Å²) in [6.07, 6.45) is 6.46. The summed E-state index contributed by atoms with van der Waals surface area (Å²) in [5.74, 6) is 0.0583. The molecule has 1 aromatic heterocycles. The number of nitrogens with zero attached hydrogens (tertiary/aromatic N) is 3. The van der Waals surface area contributed by atoms with Gasteiger partial charge in [0.25, 0.3) is 0 Å². The quantitative estimate of drug-likeness (QED) is 0.900. The Balaban J connectivity index is 1.41. The van der Waals surface area contributed by atoms with Crippen LogP contribution >= 0.6 is 0 Å². The Morgan fingerprint density at radius 1 is 1.20 bits per heavy atom. The van der Waals surface area contributed by atoms with Gasteiger partial charge in [-0.05, 0) is 18.9 Å². The van der Waals surface area contributed by atoms with Crippen molar-refractivity contribution >= 4 is 16.8 Å². The van der Waals surface area contributed by atoms with Crippen LogP contribution in [0.25, 0.3) is 10.9 Å². The molecule has 0 atom stereocenters. The summed E-state index contributed by atoms with van der Waals surface area (Å²) in [5, 5.41) is 8.91. The lowest BCUT2D eigenvalue weighted by Crippen LogP contribution is -2.56. The van der Waals surface area contributed by atoms with Crippen molar-refractivity contribution in [3.63, 3.8) is 0 Å². The van der Waals surface area contributed by atoms with E-state index < -0.39 is 0 Å². The Labute approximate surface area is 148 Å². The molecule has 1 saturated heterocycles. The highest BCUT2D eigenvalue weighted by Crippen LogP contribution is 2.31. The molecule has 6 nitrogen and oxygen atoms in total. The Hall–Kier alpha value is -1.92. The minimum Gasteiger partial charge on any atom is -0.379 e. The van der Waals surface area contributed by atoms with Gasteiger partial charge in [0, 0.05) is 31.2 Å². The van der Waals surface area contributed by atoms with E-state index in [1.54, 1.807) is 4.68 Å². The first-order valence-electron chi connectivity index (χ1n) is 9.26. The Morgan fingerprint density at radius 3 is 2.72 bits per heavy atom. The van der Waals surface area contributed by atoms with Gasteiger partial charge < -0.3 is 10.1 Å². The van der Waals surface area contributed by atoms with Crippen LogP contribution in [-0.2, 0) is 16.1 Å². The SMILES string of the molecule is O=C(Cn1cc2ccccc2n1)NC1(CN2CCOCC2)CCCC1. The molecule has 1 aromatic carbocycles. The van der Waals surface area contributed by atoms with Crippen molar-refractivity contribution in [3.05, 3.63) is 30.5 Å². The molecule has 1 aliphatic heterocycles. The number of hydrogen-bond acceptors (Lipinski definition) is 4. The van der Waals surface area contributed by atoms with Crippen molar-refractivity contribution in [1.29, 1.82) is 0 Å². The van der Waals surface area contributed by atoms with E-state index in [2.05, 4.69) is 15.3 Å². The Bertz CT molecular complexity index is 697. The number of carbonyl (C=O) groups excluding carboxylic acids is 1. The summed E-state index contributed by atoms with van der Waals surface area (Å²) in [7, 11) is 0. The molecule has 1 amide bonds. The molecule has 1 saturated carbocycles. The number of benzene rings is 1. The molecule has 0 unspecified atom stereocenters. The summed E-state index contributed by atoms with van der Waals surface area (Å²) < 4.78 is 7.19. The normalized spacial score (nSPS) is 20.8. The molecule has 0 radical (unpaired) electrons. The minimum absolute atomic E-state index is 0.0583. The number of ether oxygens (including phenoxy) is 1. The third-order valence-corrected chi connectivity index (χ3v) is 5.36. The highest BCUT2D eigenvalue weighted by Gasteiger charge is 2.37. The number of amides is 1. The second-order valence-corrected chi connectivity index (χ2v) is 7.31. The van der Waals surface area contributed by atoms with Gasteiger partial charge in [0.1, 0.15) is 6.54 Å². The highest BCUT2D eigenvalue weighted by atomic mass is 16.5. The van der Waals surface area contributed by atoms with Crippen LogP contribution in [-0.4, -0.2) is 59.0 Å². The first-order valence-corrected chi connectivity index (χ1v) is 9.26. The predicted octanol–water partition coefficient (Wildman–Crippen LogP) is 1.80. The second-order valence-electron chi connectivity index (χ2n) is 7.31. The van der Waals surface area contributed by atoms with Crippen molar-refractivity contribution < 1.29 is 9.53 Å². The molecule has 6 heteroatoms. The van der Waals surface area contributed by atoms with Crippen LogP contribution in [0.5, 0.6) is 0 Å². The molecular formula is C19H26N4O2. The fourth-order valence-corrected chi connectivity index (χ4v) is 4.14. The fourth-order valence-electron chi connectivity index (χ4n) is 4.14. The lowest BCUT2D eigenvalue weighted by molar-refractivity contribution is -0.124. The zero-order valence-corrected chi connectivity index (χ0v) is 14.6. The molecule has 1 N–H and O–H groups in total. The number of nitrogens with one attached hydrogen (secondary N) is 1. The van der Waals surface area contributed by atoms with Gasteiger partial charge in [-0.2, -0.15) is 5.10 Å². The highest BCUT2D eigenvalue weighted by molar-refractivity contribution is 5.80. The standard InChI is InChI=1S/C19H26N4O2/c24-18(14-23-13-16-5-1-2-6-17(16)21-23)20-19(7-3-4-8-19)15-22-9-11-25-12-10-22/h1-2,5-6,13H,3-4,7-12,14-15H2,(H,20,24). The van der Waals surface area contributed by atoms with E-state index in [0.29, 0.717) is 0 Å². The monoisotopic (exact) mass is 342 g/mol. The fraction of sp³-hybridized carbons (Fsp3) is 0.579. The molecule has 0 spiro atoms. The number of rotatable bonds is 5. The largest absolute Gasteiger partial charge is 0.379 e. The topological polar surface area (TPSA) is 59.4 Å². The summed E-state index contributed by atoms with van der Waals surface area (Å²) >= 11 is 0. The maximum atomic E-state index is 12.7. The van der Waals surface area contributed by atoms with E-state index in [1.807, 2.05) is 30.5 Å². The number of carbonyl (C=O) groups is 1. The van der Waals surface area contributed by atoms with Crippen molar-refractivity contribution in [2.75, 3.05) is 32.8 Å². The number of morpholine rings is 1. The van der Waals surface area contributed by atoms with E-state index in [4.69, 9.17) is 4.74 Å². The minimum atomic E-state index is -0.0823. The Kier molecular flexibility index (Phi) is 4.72. The van der Waals surface area contributed by atoms with Gasteiger partial charge >= 0.3 is 0 Å². The average Bonchev–Trinajstić information content (AvgIpc) is 3.22. The molecule has 2 aromatic rings. The van der Waals surface area contributed by atoms with Crippen molar-refractivity contribution in [2.45, 2.75) is 37.8 Å². The average molecular weight is 342 g/mol. The smallest absolute Gasteiger partial charge is 0.242 e. The van der Waals surface area contributed by atoms with Gasteiger partial charge in [0.15, 0.2) is 0 Å². The maximum absolute atomic E-state index is 12.7. The zero-order chi connectivity index (χ0) is 17.1. The van der Waals surface area contributed by atoms with E-state index >= 15 is 0 Å². The first-order chi connectivity index (χ1) is 12.2. The molecule has 2 aliphatic rings. The van der Waals surface area contributed by atoms with Crippen LogP contribution < -0.4 is 5.32 Å². The van der Waals surface area contributed by atoms with Gasteiger partial charge in [0.2, 0.25) is 5.91 Å². The van der Waals surface area contributed by atoms with Gasteiger partial charge in [-0.15, -0.1) is 0 Å². The summed E-state index contributed by atoms with van der Waals surface area (Å²) in [4.78, 5) is 15.1. The van der Waals surface area contributed by atoms with E-state index in [1.165, 1.54) is 12.8 Å². The van der Waals surface area contributed by atoms with Gasteiger partial charge in [0.05, 0.1) is 24.3 Å². The molecule has 0 bridgehead atoms. The van der Waals surface area contributed by atoms with Crippen LogP contribution in [0.15, 0.2) is 30.5 Å². The molecule has 2 heterocycles. The van der Waals surface area contributed by atoms with Gasteiger partial charge in [-0.1, -0.05) is 31.0 Å². The van der Waals surface area contributed by atoms with Crippen LogP contribution in [0, 0.1) is 0 Å². The number of hydrogen-bond donors (Lipinski definition) is 1. The summed E-state index contributed by atoms with van der Waals surface area (Å²) in [5.41, 5.74) is 0.847. The lowest BCUT2D eigenvalue weighted by Gasteiger charge is -2.37. The van der Waals surface area contributed by atoms with Crippen LogP contribution in [0.1, 0.15) is 25.7 Å². The number of fused-ring (bicyclic) bond motifs is 1. The zero-order valence-electron chi connectivity index (χ0n) is 14.6. The van der Waals surface area contributed by atoms with E-state index in [9.17, 15) is 4.79 Å². The Morgan fingerprint density at radius 2 is 1.96 bits per heavy atom. The number of aromatic nitrogens is 2. The third kappa shape index (κ3) is 3.85. The van der Waals surface area contributed by atoms with Crippen LogP contribution in [0.4, 0.5) is 0 Å². The molecule has 4 rings (SSSR count). The predicted molar refractivity (Wildman–Crippen MR) is 96.3 cm³/mol. The van der Waals surface area contributed by atoms with E-state index in [-0.39, 0.29) is 18.0 Å². The maximum Gasteiger partial charge on any atom is 0.242 e. The summed E-state index contributed by atoms with van der Waals surface area (Å²) in [6.45, 7) is 4.72. The molecule has 25 heavy (non-hydrogen) atoms. The third-order valence-electron chi connectivity index (χ3n) is 5.36. The van der Waals surface area contributed by atoms with Crippen molar-refractivity contribution in [2.24, 2.45) is 0 Å². The van der Waals surface area contributed by atoms with Crippen molar-refractivity contribution in [1.82, 2.24) is 20.0 Å². The molecule has 134 valence electrons. The lowest BCUT2D eigenvalue weighted by atomic mass is 9.96. The van der Waals surface area contributed by atoms with Gasteiger partial charge in [-0.25, -0.2) is 0 Å². The van der Waals surface area contributed by atoms with Gasteiger partial charge in [-0.3, -0.25) is 14.4 Å². The van der Waals surface area contributed by atoms with E-state index in [0.717, 1.165) is 56.6 Å². The molecular weight excluding hydrogens is 316 g/mol. The first kappa shape index (κ1) is 16.5. The van der Waals surface area contributed by atoms with Crippen LogP contribution in [0.2, 0.25) is 0 Å². The molecule has 1 aliphatic carbocycles. The van der Waals surface area contributed by atoms with Crippen LogP contribution in [0.3, 0.4) is 0 Å².